The quantitative estimate of drug-likeness (QED) is 0.770. The summed E-state index contributed by atoms with van der Waals surface area (Å²) in [6, 6.07) is 7.17. The lowest BCUT2D eigenvalue weighted by Crippen LogP contribution is -2.32. The van der Waals surface area contributed by atoms with Crippen LogP contribution < -0.4 is 10.0 Å². The van der Waals surface area contributed by atoms with Gasteiger partial charge in [0.05, 0.1) is 4.90 Å². The number of hydrogen-bond acceptors (Lipinski definition) is 4. The fourth-order valence-corrected chi connectivity index (χ4v) is 4.25. The Balaban J connectivity index is 2.12. The second kappa shape index (κ2) is 6.47. The van der Waals surface area contributed by atoms with Gasteiger partial charge in [-0.2, -0.15) is 11.8 Å². The summed E-state index contributed by atoms with van der Waals surface area (Å²) >= 11 is 1.75. The van der Waals surface area contributed by atoms with Crippen molar-refractivity contribution in [3.63, 3.8) is 0 Å². The third kappa shape index (κ3) is 3.75. The van der Waals surface area contributed by atoms with Crippen LogP contribution in [0.4, 0.5) is 0 Å². The summed E-state index contributed by atoms with van der Waals surface area (Å²) in [4.78, 5) is 0.387. The molecule has 1 aliphatic carbocycles. The Hall–Kier alpha value is -0.560. The van der Waals surface area contributed by atoms with Crippen molar-refractivity contribution in [1.82, 2.24) is 10.0 Å². The van der Waals surface area contributed by atoms with Crippen LogP contribution in [0.2, 0.25) is 0 Å². The predicted octanol–water partition coefficient (Wildman–Crippen LogP) is 1.97. The summed E-state index contributed by atoms with van der Waals surface area (Å²) in [5.41, 5.74) is 0.816. The van der Waals surface area contributed by atoms with E-state index >= 15 is 0 Å². The van der Waals surface area contributed by atoms with E-state index in [4.69, 9.17) is 0 Å². The molecule has 0 amide bonds. The zero-order valence-corrected chi connectivity index (χ0v) is 13.6. The molecule has 1 aromatic rings. The van der Waals surface area contributed by atoms with Crippen molar-refractivity contribution in [1.29, 1.82) is 0 Å². The van der Waals surface area contributed by atoms with Crippen molar-refractivity contribution in [2.75, 3.05) is 19.3 Å². The summed E-state index contributed by atoms with van der Waals surface area (Å²) in [6.45, 7) is 3.91. The highest BCUT2D eigenvalue weighted by molar-refractivity contribution is 8.00. The lowest BCUT2D eigenvalue weighted by molar-refractivity contribution is 0.577. The van der Waals surface area contributed by atoms with Crippen LogP contribution in [-0.2, 0) is 16.6 Å². The van der Waals surface area contributed by atoms with E-state index in [1.165, 1.54) is 0 Å². The first-order chi connectivity index (χ1) is 9.53. The summed E-state index contributed by atoms with van der Waals surface area (Å²) < 4.78 is 27.8. The molecule has 112 valence electrons. The number of benzene rings is 1. The molecule has 1 aliphatic rings. The van der Waals surface area contributed by atoms with Crippen molar-refractivity contribution in [2.45, 2.75) is 36.0 Å². The molecule has 0 saturated heterocycles. The van der Waals surface area contributed by atoms with E-state index < -0.39 is 10.0 Å². The fraction of sp³-hybridized carbons (Fsp3) is 0.571. The Morgan fingerprint density at radius 2 is 2.00 bits per heavy atom. The third-order valence-corrected chi connectivity index (χ3v) is 6.57. The molecule has 0 aliphatic heterocycles. The smallest absolute Gasteiger partial charge is 0.240 e. The van der Waals surface area contributed by atoms with Gasteiger partial charge < -0.3 is 5.32 Å². The van der Waals surface area contributed by atoms with E-state index in [1.54, 1.807) is 23.9 Å². The van der Waals surface area contributed by atoms with Gasteiger partial charge in [0, 0.05) is 17.8 Å². The zero-order valence-electron chi connectivity index (χ0n) is 12.0. The molecule has 6 heteroatoms. The molecule has 0 aromatic heterocycles. The molecule has 4 nitrogen and oxygen atoms in total. The molecule has 1 saturated carbocycles. The molecular formula is C14H22N2O2S2. The molecule has 2 rings (SSSR count). The highest BCUT2D eigenvalue weighted by Gasteiger charge is 2.42. The lowest BCUT2D eigenvalue weighted by Gasteiger charge is -2.15. The number of sulfonamides is 1. The van der Waals surface area contributed by atoms with Gasteiger partial charge in [-0.05, 0) is 37.3 Å². The van der Waals surface area contributed by atoms with Crippen LogP contribution in [0.1, 0.15) is 25.3 Å². The lowest BCUT2D eigenvalue weighted by atomic mass is 10.2. The Kier molecular flexibility index (Phi) is 5.12. The first-order valence-corrected chi connectivity index (χ1v) is 9.57. The Morgan fingerprint density at radius 1 is 1.30 bits per heavy atom. The highest BCUT2D eigenvalue weighted by atomic mass is 32.2. The molecular weight excluding hydrogens is 292 g/mol. The topological polar surface area (TPSA) is 58.2 Å². The molecule has 20 heavy (non-hydrogen) atoms. The van der Waals surface area contributed by atoms with Gasteiger partial charge in [-0.25, -0.2) is 13.1 Å². The second-order valence-electron chi connectivity index (χ2n) is 5.10. The van der Waals surface area contributed by atoms with Crippen LogP contribution in [0.25, 0.3) is 0 Å². The largest absolute Gasteiger partial charge is 0.313 e. The molecule has 0 spiro atoms. The predicted molar refractivity (Wildman–Crippen MR) is 84.5 cm³/mol. The number of nitrogens with one attached hydrogen (secondary N) is 2. The summed E-state index contributed by atoms with van der Waals surface area (Å²) in [5.74, 6) is 0. The monoisotopic (exact) mass is 314 g/mol. The maximum atomic E-state index is 12.5. The minimum atomic E-state index is -3.43. The number of thioether (sulfide) groups is 1. The van der Waals surface area contributed by atoms with Gasteiger partial charge >= 0.3 is 0 Å². The number of hydrogen-bond donors (Lipinski definition) is 2. The molecule has 1 fully saturated rings. The van der Waals surface area contributed by atoms with Crippen LogP contribution in [0.5, 0.6) is 0 Å². The number of rotatable bonds is 8. The van der Waals surface area contributed by atoms with Crippen LogP contribution in [0, 0.1) is 0 Å². The van der Waals surface area contributed by atoms with Gasteiger partial charge in [0.25, 0.3) is 0 Å². The standard InChI is InChI=1S/C14H22N2O2S2/c1-3-15-10-12-6-4-5-7-13(12)20(17,18)16-11-14(19-2)8-9-14/h4-7,15-16H,3,8-11H2,1-2H3. The Morgan fingerprint density at radius 3 is 2.60 bits per heavy atom. The van der Waals surface area contributed by atoms with Gasteiger partial charge in [-0.15, -0.1) is 0 Å². The molecule has 2 N–H and O–H groups in total. The van der Waals surface area contributed by atoms with E-state index in [-0.39, 0.29) is 4.75 Å². The van der Waals surface area contributed by atoms with Gasteiger partial charge in [-0.3, -0.25) is 0 Å². The van der Waals surface area contributed by atoms with Crippen molar-refractivity contribution in [3.8, 4) is 0 Å². The minimum Gasteiger partial charge on any atom is -0.313 e. The van der Waals surface area contributed by atoms with E-state index in [0.29, 0.717) is 18.0 Å². The summed E-state index contributed by atoms with van der Waals surface area (Å²) in [6.07, 6.45) is 4.23. The Labute approximate surface area is 125 Å². The zero-order chi connectivity index (χ0) is 14.6. The van der Waals surface area contributed by atoms with Gasteiger partial charge in [0.15, 0.2) is 0 Å². The molecule has 0 bridgehead atoms. The van der Waals surface area contributed by atoms with Crippen molar-refractivity contribution < 1.29 is 8.42 Å². The van der Waals surface area contributed by atoms with E-state index in [9.17, 15) is 8.42 Å². The molecule has 0 unspecified atom stereocenters. The van der Waals surface area contributed by atoms with Crippen molar-refractivity contribution in [3.05, 3.63) is 29.8 Å². The van der Waals surface area contributed by atoms with Crippen LogP contribution >= 0.6 is 11.8 Å². The first-order valence-electron chi connectivity index (χ1n) is 6.86. The third-order valence-electron chi connectivity index (χ3n) is 3.65. The molecule has 1 aromatic carbocycles. The average molecular weight is 314 g/mol. The fourth-order valence-electron chi connectivity index (χ4n) is 2.07. The average Bonchev–Trinajstić information content (AvgIpc) is 3.24. The van der Waals surface area contributed by atoms with E-state index in [1.807, 2.05) is 25.3 Å². The van der Waals surface area contributed by atoms with Gasteiger partial charge in [-0.1, -0.05) is 25.1 Å². The Bertz CT molecular complexity index is 554. The van der Waals surface area contributed by atoms with Crippen LogP contribution in [0.15, 0.2) is 29.2 Å². The normalized spacial score (nSPS) is 17.1. The van der Waals surface area contributed by atoms with Crippen molar-refractivity contribution in [2.24, 2.45) is 0 Å². The summed E-state index contributed by atoms with van der Waals surface area (Å²) in [5, 5.41) is 3.18. The van der Waals surface area contributed by atoms with E-state index in [0.717, 1.165) is 24.9 Å². The van der Waals surface area contributed by atoms with Gasteiger partial charge in [0.1, 0.15) is 0 Å². The summed E-state index contributed by atoms with van der Waals surface area (Å²) in [7, 11) is -3.43. The minimum absolute atomic E-state index is 0.129. The highest BCUT2D eigenvalue weighted by Crippen LogP contribution is 2.46. The molecule has 0 heterocycles. The maximum absolute atomic E-state index is 12.5. The van der Waals surface area contributed by atoms with Crippen LogP contribution in [-0.4, -0.2) is 32.5 Å². The maximum Gasteiger partial charge on any atom is 0.240 e. The molecule has 0 atom stereocenters. The first kappa shape index (κ1) is 15.8. The SMILES string of the molecule is CCNCc1ccccc1S(=O)(=O)NCC1(SC)CC1. The molecule has 0 radical (unpaired) electrons. The van der Waals surface area contributed by atoms with E-state index in [2.05, 4.69) is 10.0 Å². The van der Waals surface area contributed by atoms with Crippen molar-refractivity contribution >= 4 is 21.8 Å². The van der Waals surface area contributed by atoms with Gasteiger partial charge in [0.2, 0.25) is 10.0 Å². The van der Waals surface area contributed by atoms with Crippen LogP contribution in [0.3, 0.4) is 0 Å². The second-order valence-corrected chi connectivity index (χ2v) is 8.11.